The van der Waals surface area contributed by atoms with E-state index in [9.17, 15) is 15.0 Å². The number of allylic oxidation sites excluding steroid dienone is 1. The van der Waals surface area contributed by atoms with Gasteiger partial charge in [-0.25, -0.2) is 4.79 Å². The van der Waals surface area contributed by atoms with Crippen molar-refractivity contribution in [2.45, 2.75) is 18.6 Å². The number of amides is 2. The first-order valence-electron chi connectivity index (χ1n) is 5.48. The lowest BCUT2D eigenvalue weighted by molar-refractivity contribution is -0.00171. The molecule has 94 valence electrons. The molecule has 2 aliphatic rings. The molecule has 0 aromatic rings. The SMILES string of the molecule is C=C1NC(=O)NC=C1[C@@H]1C[C@H](CO)C(O)[C@@H]1O. The lowest BCUT2D eigenvalue weighted by Gasteiger charge is -2.25. The number of urea groups is 1. The third-order valence-corrected chi connectivity index (χ3v) is 3.41. The van der Waals surface area contributed by atoms with Gasteiger partial charge in [-0.15, -0.1) is 0 Å². The molecular weight excluding hydrogens is 224 g/mol. The molecule has 0 saturated heterocycles. The average molecular weight is 240 g/mol. The third kappa shape index (κ3) is 2.06. The minimum atomic E-state index is -0.952. The molecule has 1 fully saturated rings. The Morgan fingerprint density at radius 3 is 2.65 bits per heavy atom. The van der Waals surface area contributed by atoms with Gasteiger partial charge in [0.25, 0.3) is 0 Å². The van der Waals surface area contributed by atoms with Crippen LogP contribution in [-0.2, 0) is 0 Å². The van der Waals surface area contributed by atoms with Crippen LogP contribution in [0.4, 0.5) is 4.79 Å². The normalized spacial score (nSPS) is 37.5. The van der Waals surface area contributed by atoms with Crippen LogP contribution in [-0.4, -0.2) is 40.2 Å². The number of aliphatic hydroxyl groups excluding tert-OH is 3. The summed E-state index contributed by atoms with van der Waals surface area (Å²) in [6, 6.07) is -0.370. The lowest BCUT2D eigenvalue weighted by atomic mass is 9.92. The molecule has 0 spiro atoms. The number of aliphatic hydroxyl groups is 3. The van der Waals surface area contributed by atoms with Gasteiger partial charge in [-0.2, -0.15) is 0 Å². The minimum absolute atomic E-state index is 0.172. The Morgan fingerprint density at radius 1 is 1.41 bits per heavy atom. The van der Waals surface area contributed by atoms with Crippen LogP contribution < -0.4 is 10.6 Å². The van der Waals surface area contributed by atoms with Crippen LogP contribution in [0.1, 0.15) is 6.42 Å². The summed E-state index contributed by atoms with van der Waals surface area (Å²) in [4.78, 5) is 11.0. The maximum Gasteiger partial charge on any atom is 0.323 e. The molecule has 1 aliphatic heterocycles. The number of carbonyl (C=O) groups is 1. The number of nitrogens with one attached hydrogen (secondary N) is 2. The highest BCUT2D eigenvalue weighted by Gasteiger charge is 2.43. The maximum absolute atomic E-state index is 11.0. The zero-order chi connectivity index (χ0) is 12.6. The quantitative estimate of drug-likeness (QED) is 0.429. The molecule has 1 aliphatic carbocycles. The van der Waals surface area contributed by atoms with Gasteiger partial charge < -0.3 is 26.0 Å². The monoisotopic (exact) mass is 240 g/mol. The summed E-state index contributed by atoms with van der Waals surface area (Å²) >= 11 is 0. The average Bonchev–Trinajstić information content (AvgIpc) is 2.57. The van der Waals surface area contributed by atoms with Crippen LogP contribution in [0.5, 0.6) is 0 Å². The zero-order valence-corrected chi connectivity index (χ0v) is 9.26. The summed E-state index contributed by atoms with van der Waals surface area (Å²) in [6.45, 7) is 3.53. The summed E-state index contributed by atoms with van der Waals surface area (Å²) in [5, 5.41) is 33.7. The Bertz CT molecular complexity index is 380. The van der Waals surface area contributed by atoms with Gasteiger partial charge in [0.05, 0.1) is 12.2 Å². The molecule has 5 N–H and O–H groups in total. The lowest BCUT2D eigenvalue weighted by Crippen LogP contribution is -2.39. The largest absolute Gasteiger partial charge is 0.396 e. The molecule has 6 heteroatoms. The van der Waals surface area contributed by atoms with Crippen molar-refractivity contribution in [3.8, 4) is 0 Å². The molecule has 17 heavy (non-hydrogen) atoms. The van der Waals surface area contributed by atoms with Crippen molar-refractivity contribution in [2.24, 2.45) is 11.8 Å². The van der Waals surface area contributed by atoms with Crippen LogP contribution in [0.25, 0.3) is 0 Å². The highest BCUT2D eigenvalue weighted by molar-refractivity contribution is 5.80. The van der Waals surface area contributed by atoms with Gasteiger partial charge in [0.1, 0.15) is 0 Å². The molecule has 0 aromatic heterocycles. The second-order valence-corrected chi connectivity index (χ2v) is 4.44. The zero-order valence-electron chi connectivity index (χ0n) is 9.26. The maximum atomic E-state index is 11.0. The first-order chi connectivity index (χ1) is 8.04. The second kappa shape index (κ2) is 4.48. The van der Waals surface area contributed by atoms with E-state index in [1.165, 1.54) is 6.20 Å². The van der Waals surface area contributed by atoms with Crippen LogP contribution >= 0.6 is 0 Å². The van der Waals surface area contributed by atoms with Gasteiger partial charge >= 0.3 is 6.03 Å². The molecule has 0 bridgehead atoms. The van der Waals surface area contributed by atoms with Gasteiger partial charge in [-0.05, 0) is 12.0 Å². The number of rotatable bonds is 2. The minimum Gasteiger partial charge on any atom is -0.396 e. The fraction of sp³-hybridized carbons (Fsp3) is 0.545. The van der Waals surface area contributed by atoms with Gasteiger partial charge in [-0.3, -0.25) is 0 Å². The van der Waals surface area contributed by atoms with Gasteiger partial charge in [0, 0.05) is 30.3 Å². The van der Waals surface area contributed by atoms with E-state index in [1.54, 1.807) is 0 Å². The highest BCUT2D eigenvalue weighted by Crippen LogP contribution is 2.38. The van der Waals surface area contributed by atoms with Crippen molar-refractivity contribution in [3.05, 3.63) is 24.0 Å². The molecule has 1 unspecified atom stereocenters. The summed E-state index contributed by atoms with van der Waals surface area (Å²) in [6.07, 6.45) is 0.0474. The van der Waals surface area contributed by atoms with E-state index < -0.39 is 12.2 Å². The summed E-state index contributed by atoms with van der Waals surface area (Å²) < 4.78 is 0. The van der Waals surface area contributed by atoms with Crippen molar-refractivity contribution >= 4 is 6.03 Å². The Morgan fingerprint density at radius 2 is 2.12 bits per heavy atom. The Hall–Kier alpha value is -1.37. The topological polar surface area (TPSA) is 102 Å². The first-order valence-corrected chi connectivity index (χ1v) is 5.48. The van der Waals surface area contributed by atoms with E-state index in [4.69, 9.17) is 5.11 Å². The van der Waals surface area contributed by atoms with E-state index >= 15 is 0 Å². The highest BCUT2D eigenvalue weighted by atomic mass is 16.3. The predicted octanol–water partition coefficient (Wildman–Crippen LogP) is -0.953. The summed E-state index contributed by atoms with van der Waals surface area (Å²) in [5.74, 6) is -0.677. The fourth-order valence-electron chi connectivity index (χ4n) is 2.42. The standard InChI is InChI=1S/C11H16N2O4/c1-5-8(3-12-11(17)13-5)7-2-6(4-14)9(15)10(7)16/h3,6-7,9-10,14-16H,1-2,4H2,(H2,12,13,17)/t6-,7+,9?,10-/m1/s1. The van der Waals surface area contributed by atoms with Crippen LogP contribution in [0.3, 0.4) is 0 Å². The molecular formula is C11H16N2O4. The van der Waals surface area contributed by atoms with Crippen molar-refractivity contribution in [3.63, 3.8) is 0 Å². The Labute approximate surface area is 98.6 Å². The van der Waals surface area contributed by atoms with E-state index in [0.717, 1.165) is 0 Å². The molecule has 6 nitrogen and oxygen atoms in total. The second-order valence-electron chi connectivity index (χ2n) is 4.44. The van der Waals surface area contributed by atoms with Crippen LogP contribution in [0.15, 0.2) is 24.0 Å². The van der Waals surface area contributed by atoms with Crippen molar-refractivity contribution < 1.29 is 20.1 Å². The number of hydrogen-bond donors (Lipinski definition) is 5. The summed E-state index contributed by atoms with van der Waals surface area (Å²) in [7, 11) is 0. The van der Waals surface area contributed by atoms with Crippen LogP contribution in [0, 0.1) is 11.8 Å². The molecule has 2 amide bonds. The predicted molar refractivity (Wildman–Crippen MR) is 59.6 cm³/mol. The molecule has 1 saturated carbocycles. The molecule has 2 rings (SSSR count). The van der Waals surface area contributed by atoms with E-state index in [2.05, 4.69) is 17.2 Å². The van der Waals surface area contributed by atoms with E-state index in [1.807, 2.05) is 0 Å². The van der Waals surface area contributed by atoms with E-state index in [-0.39, 0.29) is 24.5 Å². The van der Waals surface area contributed by atoms with Crippen molar-refractivity contribution in [1.29, 1.82) is 0 Å². The number of hydrogen-bond acceptors (Lipinski definition) is 4. The van der Waals surface area contributed by atoms with Crippen molar-refractivity contribution in [2.75, 3.05) is 6.61 Å². The fourth-order valence-corrected chi connectivity index (χ4v) is 2.42. The third-order valence-electron chi connectivity index (χ3n) is 3.41. The van der Waals surface area contributed by atoms with Crippen LogP contribution in [0.2, 0.25) is 0 Å². The first kappa shape index (κ1) is 12.1. The molecule has 0 radical (unpaired) electrons. The van der Waals surface area contributed by atoms with Gasteiger partial charge in [-0.1, -0.05) is 6.58 Å². The van der Waals surface area contributed by atoms with Gasteiger partial charge in [0.2, 0.25) is 0 Å². The molecule has 4 atom stereocenters. The van der Waals surface area contributed by atoms with E-state index in [0.29, 0.717) is 17.7 Å². The molecule has 0 aromatic carbocycles. The Balaban J connectivity index is 2.18. The number of carbonyl (C=O) groups excluding carboxylic acids is 1. The van der Waals surface area contributed by atoms with Gasteiger partial charge in [0.15, 0.2) is 0 Å². The molecule has 1 heterocycles. The van der Waals surface area contributed by atoms with Crippen molar-refractivity contribution in [1.82, 2.24) is 10.6 Å². The Kier molecular flexibility index (Phi) is 3.19. The summed E-state index contributed by atoms with van der Waals surface area (Å²) in [5.41, 5.74) is 1.08. The smallest absolute Gasteiger partial charge is 0.323 e.